The number of benzene rings is 1. The van der Waals surface area contributed by atoms with E-state index >= 15 is 0 Å². The Morgan fingerprint density at radius 3 is 2.46 bits per heavy atom. The van der Waals surface area contributed by atoms with Crippen LogP contribution in [0.25, 0.3) is 11.1 Å². The molecule has 1 N–H and O–H groups in total. The summed E-state index contributed by atoms with van der Waals surface area (Å²) in [5.41, 5.74) is 2.14. The van der Waals surface area contributed by atoms with Crippen LogP contribution in [0, 0.1) is 5.92 Å². The molecule has 1 aromatic heterocycles. The van der Waals surface area contributed by atoms with Gasteiger partial charge >= 0.3 is 5.97 Å². The van der Waals surface area contributed by atoms with Crippen LogP contribution in [0.3, 0.4) is 0 Å². The second kappa shape index (κ2) is 7.59. The summed E-state index contributed by atoms with van der Waals surface area (Å²) in [4.78, 5) is 28.9. The standard InChI is InChI=1S/C18H20N2O4/c1-12(18(22)23)11-20(2)17(21)15-8-14(9-19-10-15)13-4-6-16(24-3)7-5-13/h4-10,12H,11H2,1-3H3,(H,22,23). The van der Waals surface area contributed by atoms with E-state index in [1.807, 2.05) is 24.3 Å². The number of aromatic nitrogens is 1. The average molecular weight is 328 g/mol. The van der Waals surface area contributed by atoms with Gasteiger partial charge in [-0.2, -0.15) is 0 Å². The number of methoxy groups -OCH3 is 1. The van der Waals surface area contributed by atoms with Gasteiger partial charge in [0.2, 0.25) is 0 Å². The van der Waals surface area contributed by atoms with Crippen LogP contribution in [0.1, 0.15) is 17.3 Å². The maximum atomic E-state index is 12.5. The zero-order valence-electron chi connectivity index (χ0n) is 13.9. The molecule has 126 valence electrons. The van der Waals surface area contributed by atoms with Crippen molar-refractivity contribution in [1.29, 1.82) is 0 Å². The number of nitrogens with zero attached hydrogens (tertiary/aromatic N) is 2. The van der Waals surface area contributed by atoms with Gasteiger partial charge in [0.1, 0.15) is 5.75 Å². The molecule has 1 atom stereocenters. The highest BCUT2D eigenvalue weighted by Crippen LogP contribution is 2.22. The van der Waals surface area contributed by atoms with Crippen LogP contribution in [0.5, 0.6) is 5.75 Å². The number of carbonyl (C=O) groups excluding carboxylic acids is 1. The third-order valence-corrected chi connectivity index (χ3v) is 3.72. The van der Waals surface area contributed by atoms with E-state index in [4.69, 9.17) is 9.84 Å². The molecule has 1 heterocycles. The fraction of sp³-hybridized carbons (Fsp3) is 0.278. The predicted molar refractivity (Wildman–Crippen MR) is 90.0 cm³/mol. The van der Waals surface area contributed by atoms with Crippen LogP contribution in [0.4, 0.5) is 0 Å². The lowest BCUT2D eigenvalue weighted by atomic mass is 10.1. The number of hydrogen-bond donors (Lipinski definition) is 1. The maximum absolute atomic E-state index is 12.5. The van der Waals surface area contributed by atoms with E-state index < -0.39 is 11.9 Å². The molecule has 0 saturated carbocycles. The summed E-state index contributed by atoms with van der Waals surface area (Å²) in [6.45, 7) is 1.71. The molecule has 1 amide bonds. The third-order valence-electron chi connectivity index (χ3n) is 3.72. The van der Waals surface area contributed by atoms with Crippen LogP contribution < -0.4 is 4.74 Å². The minimum atomic E-state index is -0.931. The minimum absolute atomic E-state index is 0.140. The van der Waals surface area contributed by atoms with Gasteiger partial charge in [0.25, 0.3) is 5.91 Å². The van der Waals surface area contributed by atoms with Crippen molar-refractivity contribution in [3.63, 3.8) is 0 Å². The van der Waals surface area contributed by atoms with Gasteiger partial charge in [0, 0.05) is 31.5 Å². The lowest BCUT2D eigenvalue weighted by molar-refractivity contribution is -0.141. The lowest BCUT2D eigenvalue weighted by Gasteiger charge is -2.19. The van der Waals surface area contributed by atoms with E-state index in [-0.39, 0.29) is 12.5 Å². The van der Waals surface area contributed by atoms with Crippen LogP contribution >= 0.6 is 0 Å². The number of carboxylic acids is 1. The Morgan fingerprint density at radius 1 is 1.21 bits per heavy atom. The van der Waals surface area contributed by atoms with Crippen LogP contribution in [0.2, 0.25) is 0 Å². The number of carboxylic acid groups (broad SMARTS) is 1. The van der Waals surface area contributed by atoms with Gasteiger partial charge < -0.3 is 14.7 Å². The van der Waals surface area contributed by atoms with Crippen molar-refractivity contribution in [2.45, 2.75) is 6.92 Å². The SMILES string of the molecule is COc1ccc(-c2cncc(C(=O)N(C)CC(C)C(=O)O)c2)cc1. The van der Waals surface area contributed by atoms with Crippen molar-refractivity contribution >= 4 is 11.9 Å². The number of rotatable bonds is 6. The first-order chi connectivity index (χ1) is 11.4. The summed E-state index contributed by atoms with van der Waals surface area (Å²) in [5, 5.41) is 8.96. The molecule has 0 aliphatic carbocycles. The Labute approximate surface area is 140 Å². The molecule has 0 aliphatic rings. The highest BCUT2D eigenvalue weighted by Gasteiger charge is 2.19. The summed E-state index contributed by atoms with van der Waals surface area (Å²) in [6.07, 6.45) is 3.16. The normalized spacial score (nSPS) is 11.6. The first-order valence-corrected chi connectivity index (χ1v) is 7.50. The number of carbonyl (C=O) groups is 2. The van der Waals surface area contributed by atoms with Gasteiger partial charge in [-0.15, -0.1) is 0 Å². The van der Waals surface area contributed by atoms with Crippen molar-refractivity contribution in [2.24, 2.45) is 5.92 Å². The van der Waals surface area contributed by atoms with E-state index in [0.717, 1.165) is 16.9 Å². The molecule has 0 radical (unpaired) electrons. The van der Waals surface area contributed by atoms with Crippen molar-refractivity contribution in [1.82, 2.24) is 9.88 Å². The first kappa shape index (κ1) is 17.5. The largest absolute Gasteiger partial charge is 0.497 e. The second-order valence-corrected chi connectivity index (χ2v) is 5.62. The summed E-state index contributed by atoms with van der Waals surface area (Å²) < 4.78 is 5.13. The Balaban J connectivity index is 2.19. The van der Waals surface area contributed by atoms with Gasteiger partial charge in [-0.05, 0) is 23.8 Å². The molecule has 0 fully saturated rings. The van der Waals surface area contributed by atoms with Gasteiger partial charge in [0.05, 0.1) is 18.6 Å². The second-order valence-electron chi connectivity index (χ2n) is 5.62. The summed E-state index contributed by atoms with van der Waals surface area (Å²) in [7, 11) is 3.19. The molecule has 2 aromatic rings. The summed E-state index contributed by atoms with van der Waals surface area (Å²) in [6, 6.07) is 9.20. The number of ether oxygens (including phenoxy) is 1. The van der Waals surface area contributed by atoms with E-state index in [9.17, 15) is 9.59 Å². The first-order valence-electron chi connectivity index (χ1n) is 7.50. The average Bonchev–Trinajstić information content (AvgIpc) is 2.61. The van der Waals surface area contributed by atoms with Crippen LogP contribution in [0.15, 0.2) is 42.7 Å². The molecule has 6 nitrogen and oxygen atoms in total. The number of hydrogen-bond acceptors (Lipinski definition) is 4. The highest BCUT2D eigenvalue weighted by molar-refractivity contribution is 5.95. The molecule has 0 saturated heterocycles. The summed E-state index contributed by atoms with van der Waals surface area (Å²) >= 11 is 0. The predicted octanol–water partition coefficient (Wildman–Crippen LogP) is 2.55. The Hall–Kier alpha value is -2.89. The smallest absolute Gasteiger partial charge is 0.308 e. The van der Waals surface area contributed by atoms with Crippen molar-refractivity contribution in [3.05, 3.63) is 48.3 Å². The maximum Gasteiger partial charge on any atom is 0.308 e. The van der Waals surface area contributed by atoms with Gasteiger partial charge in [-0.3, -0.25) is 14.6 Å². The van der Waals surface area contributed by atoms with E-state index in [2.05, 4.69) is 4.98 Å². The number of amides is 1. The van der Waals surface area contributed by atoms with Crippen molar-refractivity contribution in [3.8, 4) is 16.9 Å². The van der Waals surface area contributed by atoms with Crippen LogP contribution in [-0.4, -0.2) is 47.6 Å². The molecule has 1 aromatic carbocycles. The van der Waals surface area contributed by atoms with Gasteiger partial charge in [-0.25, -0.2) is 0 Å². The fourth-order valence-corrected chi connectivity index (χ4v) is 2.29. The molecule has 24 heavy (non-hydrogen) atoms. The zero-order valence-corrected chi connectivity index (χ0v) is 13.9. The van der Waals surface area contributed by atoms with Gasteiger partial charge in [-0.1, -0.05) is 19.1 Å². The molecular weight excluding hydrogens is 308 g/mol. The molecule has 6 heteroatoms. The monoisotopic (exact) mass is 328 g/mol. The van der Waals surface area contributed by atoms with Crippen LogP contribution in [-0.2, 0) is 4.79 Å². The van der Waals surface area contributed by atoms with Crippen molar-refractivity contribution in [2.75, 3.05) is 20.7 Å². The zero-order chi connectivity index (χ0) is 17.7. The quantitative estimate of drug-likeness (QED) is 0.881. The Kier molecular flexibility index (Phi) is 5.52. The topological polar surface area (TPSA) is 79.7 Å². The number of aliphatic carboxylic acids is 1. The fourth-order valence-electron chi connectivity index (χ4n) is 2.29. The van der Waals surface area contributed by atoms with Gasteiger partial charge in [0.15, 0.2) is 0 Å². The molecule has 0 spiro atoms. The Bertz CT molecular complexity index is 728. The molecular formula is C18H20N2O4. The molecule has 1 unspecified atom stereocenters. The molecule has 0 aliphatic heterocycles. The van der Waals surface area contributed by atoms with E-state index in [0.29, 0.717) is 5.56 Å². The Morgan fingerprint density at radius 2 is 1.88 bits per heavy atom. The van der Waals surface area contributed by atoms with Crippen molar-refractivity contribution < 1.29 is 19.4 Å². The highest BCUT2D eigenvalue weighted by atomic mass is 16.5. The lowest BCUT2D eigenvalue weighted by Crippen LogP contribution is -2.33. The molecule has 0 bridgehead atoms. The third kappa shape index (κ3) is 4.10. The molecule has 2 rings (SSSR count). The number of pyridine rings is 1. The minimum Gasteiger partial charge on any atom is -0.497 e. The summed E-state index contributed by atoms with van der Waals surface area (Å²) in [5.74, 6) is -1.07. The van der Waals surface area contributed by atoms with E-state index in [1.54, 1.807) is 33.3 Å². The van der Waals surface area contributed by atoms with E-state index in [1.165, 1.54) is 11.1 Å².